The molecule has 0 radical (unpaired) electrons. The van der Waals surface area contributed by atoms with Crippen LogP contribution in [-0.2, 0) is 0 Å². The number of pyridine rings is 1. The predicted molar refractivity (Wildman–Crippen MR) is 86.7 cm³/mol. The van der Waals surface area contributed by atoms with Crippen LogP contribution in [0.15, 0.2) is 22.9 Å². The molecule has 23 heavy (non-hydrogen) atoms. The number of aliphatic hydroxyl groups is 1. The van der Waals surface area contributed by atoms with Gasteiger partial charge >= 0.3 is 0 Å². The Bertz CT molecular complexity index is 825. The summed E-state index contributed by atoms with van der Waals surface area (Å²) in [6.45, 7) is 5.27. The van der Waals surface area contributed by atoms with Crippen LogP contribution < -0.4 is 0 Å². The summed E-state index contributed by atoms with van der Waals surface area (Å²) < 4.78 is 7.85. The molecule has 6 nitrogen and oxygen atoms in total. The third-order valence-electron chi connectivity index (χ3n) is 4.46. The molecule has 0 bridgehead atoms. The number of nitriles is 1. The van der Waals surface area contributed by atoms with Crippen LogP contribution in [0.4, 0.5) is 0 Å². The predicted octanol–water partition coefficient (Wildman–Crippen LogP) is 3.88. The van der Waals surface area contributed by atoms with E-state index < -0.39 is 6.10 Å². The van der Waals surface area contributed by atoms with Gasteiger partial charge in [-0.15, -0.1) is 0 Å². The fraction of sp³-hybridized carbons (Fsp3) is 0.471. The smallest absolute Gasteiger partial charge is 0.178 e. The molecule has 0 aliphatic heterocycles. The van der Waals surface area contributed by atoms with Gasteiger partial charge in [-0.3, -0.25) is 4.98 Å². The first-order chi connectivity index (χ1) is 11.3. The molecule has 0 saturated heterocycles. The second kappa shape index (κ2) is 6.39. The summed E-state index contributed by atoms with van der Waals surface area (Å²) in [5, 5.41) is 16.6. The number of imidazole rings is 1. The van der Waals surface area contributed by atoms with Crippen molar-refractivity contribution in [3.8, 4) is 6.57 Å². The Hall–Kier alpha value is -2.39. The number of aliphatic hydroxyl groups excluding tert-OH is 1. The van der Waals surface area contributed by atoms with Crippen LogP contribution in [0, 0.1) is 11.8 Å². The van der Waals surface area contributed by atoms with Gasteiger partial charge in [-0.05, 0) is 19.8 Å². The molecule has 3 aromatic heterocycles. The molecule has 6 heteroatoms. The van der Waals surface area contributed by atoms with Gasteiger partial charge < -0.3 is 14.1 Å². The van der Waals surface area contributed by atoms with Crippen molar-refractivity contribution < 1.29 is 9.52 Å². The van der Waals surface area contributed by atoms with Gasteiger partial charge in [-0.1, -0.05) is 19.3 Å². The van der Waals surface area contributed by atoms with E-state index in [0.29, 0.717) is 6.04 Å². The van der Waals surface area contributed by atoms with Crippen LogP contribution in [0.5, 0.6) is 0 Å². The maximum atomic E-state index is 10.1. The maximum Gasteiger partial charge on any atom is 0.178 e. The van der Waals surface area contributed by atoms with Gasteiger partial charge in [0.2, 0.25) is 0 Å². The summed E-state index contributed by atoms with van der Waals surface area (Å²) in [5.74, 6) is 0.725. The maximum absolute atomic E-state index is 10.1. The Morgan fingerprint density at radius 2 is 2.04 bits per heavy atom. The van der Waals surface area contributed by atoms with Gasteiger partial charge in [0.05, 0.1) is 12.5 Å². The van der Waals surface area contributed by atoms with Crippen molar-refractivity contribution in [3.05, 3.63) is 24.4 Å². The Morgan fingerprint density at radius 3 is 2.74 bits per heavy atom. The molecule has 120 valence electrons. The van der Waals surface area contributed by atoms with Gasteiger partial charge in [0.25, 0.3) is 0 Å². The van der Waals surface area contributed by atoms with Crippen LogP contribution in [0.2, 0.25) is 0 Å². The Labute approximate surface area is 134 Å². The molecule has 3 heterocycles. The SMILES string of the molecule is C#N.CC(O)c1nc2cnc3ccoc3c2n1C1CCCCC1. The molecule has 1 fully saturated rings. The number of aromatic nitrogens is 3. The third-order valence-corrected chi connectivity index (χ3v) is 4.46. The summed E-state index contributed by atoms with van der Waals surface area (Å²) in [5.41, 5.74) is 3.40. The van der Waals surface area contributed by atoms with E-state index in [4.69, 9.17) is 9.68 Å². The zero-order valence-electron chi connectivity index (χ0n) is 13.1. The molecular formula is C17H20N4O2. The summed E-state index contributed by atoms with van der Waals surface area (Å²) in [6.07, 6.45) is 8.88. The number of nitrogens with zero attached hydrogens (tertiary/aromatic N) is 4. The molecule has 1 aliphatic rings. The molecule has 1 aliphatic carbocycles. The standard InChI is InChI=1S/C16H19N3O2.CHN/c1-10(20)16-18-13-9-17-12-7-8-21-15(12)14(13)19(16)11-5-3-2-4-6-11;1-2/h7-11,20H,2-6H2,1H3;1H. The molecule has 1 unspecified atom stereocenters. The number of hydrogen-bond acceptors (Lipinski definition) is 5. The van der Waals surface area contributed by atoms with Crippen molar-refractivity contribution in [1.82, 2.24) is 14.5 Å². The van der Waals surface area contributed by atoms with Gasteiger partial charge in [0, 0.05) is 18.7 Å². The van der Waals surface area contributed by atoms with Crippen LogP contribution in [0.3, 0.4) is 0 Å². The molecule has 4 rings (SSSR count). The van der Waals surface area contributed by atoms with E-state index in [2.05, 4.69) is 21.1 Å². The van der Waals surface area contributed by atoms with E-state index >= 15 is 0 Å². The summed E-state index contributed by atoms with van der Waals surface area (Å²) >= 11 is 0. The van der Waals surface area contributed by atoms with Crippen molar-refractivity contribution in [2.24, 2.45) is 0 Å². The molecule has 0 amide bonds. The minimum absolute atomic E-state index is 0.393. The Morgan fingerprint density at radius 1 is 1.30 bits per heavy atom. The van der Waals surface area contributed by atoms with Gasteiger partial charge in [-0.2, -0.15) is 0 Å². The van der Waals surface area contributed by atoms with Crippen LogP contribution in [-0.4, -0.2) is 19.6 Å². The lowest BCUT2D eigenvalue weighted by molar-refractivity contribution is 0.178. The molecule has 0 aromatic carbocycles. The summed E-state index contributed by atoms with van der Waals surface area (Å²) in [4.78, 5) is 8.98. The molecule has 1 N–H and O–H groups in total. The minimum Gasteiger partial charge on any atom is -0.460 e. The molecular weight excluding hydrogens is 292 g/mol. The first-order valence-corrected chi connectivity index (χ1v) is 7.93. The second-order valence-electron chi connectivity index (χ2n) is 5.93. The molecule has 0 spiro atoms. The lowest BCUT2D eigenvalue weighted by Gasteiger charge is -2.26. The van der Waals surface area contributed by atoms with E-state index in [-0.39, 0.29) is 0 Å². The average Bonchev–Trinajstić information content (AvgIpc) is 3.21. The Kier molecular flexibility index (Phi) is 4.30. The second-order valence-corrected chi connectivity index (χ2v) is 5.93. The Balaban J connectivity index is 0.000000753. The van der Waals surface area contributed by atoms with E-state index in [1.54, 1.807) is 19.4 Å². The van der Waals surface area contributed by atoms with Crippen molar-refractivity contribution in [3.63, 3.8) is 0 Å². The lowest BCUT2D eigenvalue weighted by atomic mass is 9.95. The zero-order chi connectivity index (χ0) is 16.4. The third kappa shape index (κ3) is 2.57. The summed E-state index contributed by atoms with van der Waals surface area (Å²) in [7, 11) is 0. The van der Waals surface area contributed by atoms with Crippen LogP contribution in [0.25, 0.3) is 22.1 Å². The lowest BCUT2D eigenvalue weighted by Crippen LogP contribution is -2.16. The highest BCUT2D eigenvalue weighted by atomic mass is 16.3. The van der Waals surface area contributed by atoms with Gasteiger partial charge in [0.15, 0.2) is 5.58 Å². The zero-order valence-corrected chi connectivity index (χ0v) is 13.1. The van der Waals surface area contributed by atoms with E-state index in [9.17, 15) is 5.11 Å². The largest absolute Gasteiger partial charge is 0.460 e. The average molecular weight is 312 g/mol. The minimum atomic E-state index is -0.593. The van der Waals surface area contributed by atoms with Crippen molar-refractivity contribution in [2.45, 2.75) is 51.2 Å². The van der Waals surface area contributed by atoms with Gasteiger partial charge in [0.1, 0.15) is 28.5 Å². The monoisotopic (exact) mass is 312 g/mol. The van der Waals surface area contributed by atoms with E-state index in [1.165, 1.54) is 19.3 Å². The molecule has 1 saturated carbocycles. The quantitative estimate of drug-likeness (QED) is 0.776. The number of rotatable bonds is 2. The van der Waals surface area contributed by atoms with Gasteiger partial charge in [-0.25, -0.2) is 10.2 Å². The number of furan rings is 1. The molecule has 1 atom stereocenters. The van der Waals surface area contributed by atoms with Crippen molar-refractivity contribution in [2.75, 3.05) is 0 Å². The van der Waals surface area contributed by atoms with Crippen LogP contribution >= 0.6 is 0 Å². The normalized spacial score (nSPS) is 17.0. The fourth-order valence-corrected chi connectivity index (χ4v) is 3.50. The summed E-state index contributed by atoms with van der Waals surface area (Å²) in [6, 6.07) is 2.26. The highest BCUT2D eigenvalue weighted by Gasteiger charge is 2.25. The molecule has 3 aromatic rings. The number of hydrogen-bond donors (Lipinski definition) is 1. The first-order valence-electron chi connectivity index (χ1n) is 7.93. The highest BCUT2D eigenvalue weighted by molar-refractivity contribution is 5.98. The first kappa shape index (κ1) is 15.5. The topological polar surface area (TPSA) is 87.9 Å². The number of fused-ring (bicyclic) bond motifs is 3. The van der Waals surface area contributed by atoms with Crippen LogP contribution in [0.1, 0.15) is 57.0 Å². The van der Waals surface area contributed by atoms with E-state index in [1.807, 2.05) is 6.07 Å². The van der Waals surface area contributed by atoms with Crippen molar-refractivity contribution in [1.29, 1.82) is 5.26 Å². The highest BCUT2D eigenvalue weighted by Crippen LogP contribution is 2.36. The van der Waals surface area contributed by atoms with Crippen molar-refractivity contribution >= 4 is 22.1 Å². The van der Waals surface area contributed by atoms with E-state index in [0.717, 1.165) is 40.8 Å². The fourth-order valence-electron chi connectivity index (χ4n) is 3.50.